The molecule has 286 valence electrons. The Bertz CT molecular complexity index is 2270. The maximum atomic E-state index is 12.3. The van der Waals surface area contributed by atoms with Crippen molar-refractivity contribution in [1.29, 1.82) is 0 Å². The molecule has 8 heterocycles. The van der Waals surface area contributed by atoms with Gasteiger partial charge in [0.25, 0.3) is 0 Å². The number of amides is 1. The fraction of sp³-hybridized carbons (Fsp3) is 0.395. The number of nitrogens with zero attached hydrogens (tertiary/aromatic N) is 8. The molecule has 2 aliphatic rings. The maximum Gasteiger partial charge on any atom is 0.407 e. The lowest BCUT2D eigenvalue weighted by molar-refractivity contribution is 0.0401. The van der Waals surface area contributed by atoms with Gasteiger partial charge in [-0.3, -0.25) is 25.5 Å². The normalized spacial score (nSPS) is 18.7. The van der Waals surface area contributed by atoms with Gasteiger partial charge < -0.3 is 33.9 Å². The van der Waals surface area contributed by atoms with Crippen molar-refractivity contribution in [2.75, 3.05) is 55.9 Å². The number of hydrogen-bond acceptors (Lipinski definition) is 13. The summed E-state index contributed by atoms with van der Waals surface area (Å²) in [7, 11) is 0. The number of pyridine rings is 4. The SMILES string of the molecule is C[C@@H]1COCCN1c1cc(OCCCC(C)(NC(=O)O)Oc2cc(N3CCOC[C@H]3C)nc3c(-c4ccn[nH]4)nccc23)c2ccnc(-c3ccn[nH]3)c2n1. The Labute approximate surface area is 316 Å². The van der Waals surface area contributed by atoms with Crippen LogP contribution in [0.25, 0.3) is 44.6 Å². The Hall–Kier alpha value is -6.07. The van der Waals surface area contributed by atoms with E-state index in [9.17, 15) is 9.90 Å². The highest BCUT2D eigenvalue weighted by Gasteiger charge is 2.31. The van der Waals surface area contributed by atoms with Gasteiger partial charge in [-0.15, -0.1) is 0 Å². The van der Waals surface area contributed by atoms with Crippen LogP contribution in [0.2, 0.25) is 0 Å². The molecule has 17 nitrogen and oxygen atoms in total. The van der Waals surface area contributed by atoms with Crippen LogP contribution in [-0.2, 0) is 9.47 Å². The van der Waals surface area contributed by atoms with Crippen LogP contribution >= 0.6 is 0 Å². The van der Waals surface area contributed by atoms with E-state index in [-0.39, 0.29) is 25.1 Å². The summed E-state index contributed by atoms with van der Waals surface area (Å²) in [4.78, 5) is 36.0. The number of carboxylic acid groups (broad SMARTS) is 1. The van der Waals surface area contributed by atoms with Crippen LogP contribution in [0.1, 0.15) is 33.6 Å². The highest BCUT2D eigenvalue weighted by atomic mass is 16.5. The fourth-order valence-corrected chi connectivity index (χ4v) is 7.22. The van der Waals surface area contributed by atoms with Crippen molar-refractivity contribution < 1.29 is 28.8 Å². The summed E-state index contributed by atoms with van der Waals surface area (Å²) < 4.78 is 24.6. The molecule has 17 heteroatoms. The largest absolute Gasteiger partial charge is 0.493 e. The zero-order chi connectivity index (χ0) is 37.9. The zero-order valence-electron chi connectivity index (χ0n) is 30.9. The van der Waals surface area contributed by atoms with E-state index in [4.69, 9.17) is 28.9 Å². The number of ether oxygens (including phenoxy) is 4. The summed E-state index contributed by atoms with van der Waals surface area (Å²) in [6.07, 6.45) is 6.25. The van der Waals surface area contributed by atoms with E-state index >= 15 is 0 Å². The first-order chi connectivity index (χ1) is 26.8. The number of rotatable bonds is 12. The Morgan fingerprint density at radius 3 is 1.91 bits per heavy atom. The third-order valence-electron chi connectivity index (χ3n) is 9.95. The lowest BCUT2D eigenvalue weighted by Gasteiger charge is -2.35. The van der Waals surface area contributed by atoms with Crippen LogP contribution in [-0.4, -0.2) is 115 Å². The van der Waals surface area contributed by atoms with Crippen LogP contribution in [0.3, 0.4) is 0 Å². The molecular formula is C38H43N11O6. The molecule has 0 spiro atoms. The van der Waals surface area contributed by atoms with Crippen molar-refractivity contribution in [3.05, 3.63) is 61.2 Å². The molecule has 0 radical (unpaired) electrons. The van der Waals surface area contributed by atoms with Crippen molar-refractivity contribution in [3.63, 3.8) is 0 Å². The van der Waals surface area contributed by atoms with Gasteiger partial charge in [0.05, 0.1) is 56.5 Å². The number of anilines is 2. The minimum Gasteiger partial charge on any atom is -0.493 e. The van der Waals surface area contributed by atoms with Crippen molar-refractivity contribution in [2.45, 2.75) is 51.4 Å². The third kappa shape index (κ3) is 7.52. The first-order valence-electron chi connectivity index (χ1n) is 18.4. The van der Waals surface area contributed by atoms with E-state index < -0.39 is 11.8 Å². The first kappa shape index (κ1) is 35.9. The van der Waals surface area contributed by atoms with E-state index in [0.29, 0.717) is 96.8 Å². The minimum atomic E-state index is -1.35. The average Bonchev–Trinajstić information content (AvgIpc) is 3.92. The second-order valence-corrected chi connectivity index (χ2v) is 14.0. The number of fused-ring (bicyclic) bond motifs is 2. The Morgan fingerprint density at radius 1 is 0.855 bits per heavy atom. The molecule has 2 aliphatic heterocycles. The fourth-order valence-electron chi connectivity index (χ4n) is 7.22. The summed E-state index contributed by atoms with van der Waals surface area (Å²) in [6.45, 7) is 9.78. The van der Waals surface area contributed by atoms with Gasteiger partial charge in [0.15, 0.2) is 5.72 Å². The Kier molecular flexibility index (Phi) is 10.0. The average molecular weight is 750 g/mol. The molecule has 4 N–H and O–H groups in total. The lowest BCUT2D eigenvalue weighted by Crippen LogP contribution is -2.50. The Balaban J connectivity index is 1.09. The summed E-state index contributed by atoms with van der Waals surface area (Å²) >= 11 is 0. The minimum absolute atomic E-state index is 0.0575. The second-order valence-electron chi connectivity index (χ2n) is 14.0. The Morgan fingerprint density at radius 2 is 1.40 bits per heavy atom. The topological polar surface area (TPSA) is 202 Å². The molecule has 3 atom stereocenters. The smallest absolute Gasteiger partial charge is 0.407 e. The lowest BCUT2D eigenvalue weighted by atomic mass is 10.1. The third-order valence-corrected chi connectivity index (χ3v) is 9.95. The number of aromatic nitrogens is 8. The molecule has 8 rings (SSSR count). The predicted molar refractivity (Wildman–Crippen MR) is 204 cm³/mol. The monoisotopic (exact) mass is 749 g/mol. The second kappa shape index (κ2) is 15.3. The van der Waals surface area contributed by atoms with Crippen LogP contribution in [0.15, 0.2) is 61.2 Å². The van der Waals surface area contributed by atoms with Crippen LogP contribution < -0.4 is 24.6 Å². The van der Waals surface area contributed by atoms with Gasteiger partial charge in [-0.05, 0) is 51.5 Å². The van der Waals surface area contributed by atoms with Gasteiger partial charge in [-0.1, -0.05) is 0 Å². The number of nitrogens with one attached hydrogen (secondary N) is 3. The van der Waals surface area contributed by atoms with E-state index in [1.165, 1.54) is 0 Å². The number of morpholine rings is 2. The van der Waals surface area contributed by atoms with Gasteiger partial charge in [-0.2, -0.15) is 10.2 Å². The van der Waals surface area contributed by atoms with E-state index in [0.717, 1.165) is 16.9 Å². The van der Waals surface area contributed by atoms with Crippen molar-refractivity contribution in [3.8, 4) is 34.3 Å². The molecule has 1 amide bonds. The molecular weight excluding hydrogens is 706 g/mol. The molecule has 1 unspecified atom stereocenters. The summed E-state index contributed by atoms with van der Waals surface area (Å²) in [5, 5.41) is 28.4. The van der Waals surface area contributed by atoms with Gasteiger partial charge >= 0.3 is 6.09 Å². The summed E-state index contributed by atoms with van der Waals surface area (Å²) in [5.41, 5.74) is 2.63. The van der Waals surface area contributed by atoms with E-state index in [2.05, 4.69) is 59.3 Å². The van der Waals surface area contributed by atoms with Crippen molar-refractivity contribution in [1.82, 2.24) is 45.6 Å². The highest BCUT2D eigenvalue weighted by molar-refractivity contribution is 5.96. The van der Waals surface area contributed by atoms with E-state index in [1.54, 1.807) is 31.7 Å². The first-order valence-corrected chi connectivity index (χ1v) is 18.4. The molecule has 6 aromatic rings. The summed E-state index contributed by atoms with van der Waals surface area (Å²) in [5.74, 6) is 2.53. The molecule has 0 aromatic carbocycles. The number of carbonyl (C=O) groups is 1. The van der Waals surface area contributed by atoms with Crippen LogP contribution in [0.5, 0.6) is 11.5 Å². The van der Waals surface area contributed by atoms with Crippen LogP contribution in [0.4, 0.5) is 16.4 Å². The van der Waals surface area contributed by atoms with Gasteiger partial charge in [0, 0.05) is 67.2 Å². The number of hydrogen-bond donors (Lipinski definition) is 4. The van der Waals surface area contributed by atoms with Crippen LogP contribution in [0, 0.1) is 0 Å². The number of aromatic amines is 2. The zero-order valence-corrected chi connectivity index (χ0v) is 30.9. The van der Waals surface area contributed by atoms with Crippen molar-refractivity contribution in [2.24, 2.45) is 0 Å². The molecule has 6 aromatic heterocycles. The molecule has 55 heavy (non-hydrogen) atoms. The molecule has 0 bridgehead atoms. The molecule has 2 saturated heterocycles. The molecule has 0 aliphatic carbocycles. The van der Waals surface area contributed by atoms with Crippen molar-refractivity contribution >= 4 is 39.5 Å². The molecule has 2 fully saturated rings. The quantitative estimate of drug-likeness (QED) is 0.0959. The van der Waals surface area contributed by atoms with E-state index in [1.807, 2.05) is 36.4 Å². The standard InChI is InChI=1S/C38H43N11O6/c1-23-21-52-17-14-48(23)31-19-29(25-5-10-39-35(33(25)43-31)27-7-12-41-46-27)54-16-4-9-38(3,45-37(50)51)55-30-20-32(49-15-18-53-22-24(49)2)44-34-26(30)6-11-40-36(34)28-8-13-42-47-28/h5-8,10-13,19-20,23-24,45H,4,9,14-18,21-22H2,1-3H3,(H,41,46)(H,42,47)(H,50,51)/t23-,24-,38?/m1/s1. The van der Waals surface area contributed by atoms with Gasteiger partial charge in [-0.25, -0.2) is 14.8 Å². The van der Waals surface area contributed by atoms with Gasteiger partial charge in [0.1, 0.15) is 45.6 Å². The maximum absolute atomic E-state index is 12.3. The van der Waals surface area contributed by atoms with Gasteiger partial charge in [0.2, 0.25) is 0 Å². The molecule has 0 saturated carbocycles. The highest BCUT2D eigenvalue weighted by Crippen LogP contribution is 2.38. The predicted octanol–water partition coefficient (Wildman–Crippen LogP) is 5.03. The number of H-pyrrole nitrogens is 2. The summed E-state index contributed by atoms with van der Waals surface area (Å²) in [6, 6.07) is 11.4.